The van der Waals surface area contributed by atoms with Crippen LogP contribution in [0.5, 0.6) is 0 Å². The van der Waals surface area contributed by atoms with Crippen molar-refractivity contribution >= 4 is 37.8 Å². The number of hydrogen-bond donors (Lipinski definition) is 3. The number of nitrogens with two attached hydrogens (primary N) is 1. The summed E-state index contributed by atoms with van der Waals surface area (Å²) in [6, 6.07) is 0. The number of hydrogen-bond acceptors (Lipinski definition) is 6. The standard InChI is InChI=1S/C10H17N3O3S2/c1-4-12-9(14)7-6(11)8(18(3,15)16)10(17-7)13-5-2/h13H,4-5,11H2,1-3H3,(H,12,14). The minimum absolute atomic E-state index is 0.00982. The molecule has 1 heterocycles. The van der Waals surface area contributed by atoms with Crippen molar-refractivity contribution in [3.8, 4) is 0 Å². The minimum atomic E-state index is -3.47. The molecule has 0 saturated heterocycles. The Hall–Kier alpha value is -1.28. The Morgan fingerprint density at radius 2 is 1.94 bits per heavy atom. The lowest BCUT2D eigenvalue weighted by Crippen LogP contribution is -2.22. The van der Waals surface area contributed by atoms with Gasteiger partial charge in [-0.2, -0.15) is 0 Å². The van der Waals surface area contributed by atoms with Crippen LogP contribution in [0, 0.1) is 0 Å². The Labute approximate surface area is 110 Å². The lowest BCUT2D eigenvalue weighted by molar-refractivity contribution is 0.0960. The normalized spacial score (nSPS) is 11.3. The molecular weight excluding hydrogens is 274 g/mol. The van der Waals surface area contributed by atoms with E-state index in [1.165, 1.54) is 0 Å². The van der Waals surface area contributed by atoms with Crippen LogP contribution in [0.1, 0.15) is 23.5 Å². The Kier molecular flexibility index (Phi) is 4.58. The highest BCUT2D eigenvalue weighted by Crippen LogP contribution is 2.38. The summed E-state index contributed by atoms with van der Waals surface area (Å²) in [5, 5.41) is 5.94. The van der Waals surface area contributed by atoms with Gasteiger partial charge in [-0.05, 0) is 13.8 Å². The molecule has 0 aliphatic carbocycles. The van der Waals surface area contributed by atoms with Crippen LogP contribution in [-0.2, 0) is 9.84 Å². The third-order valence-electron chi connectivity index (χ3n) is 2.15. The first kappa shape index (κ1) is 14.8. The second-order valence-electron chi connectivity index (χ2n) is 3.67. The van der Waals surface area contributed by atoms with Crippen molar-refractivity contribution in [2.75, 3.05) is 30.4 Å². The highest BCUT2D eigenvalue weighted by atomic mass is 32.2. The van der Waals surface area contributed by atoms with Gasteiger partial charge in [-0.15, -0.1) is 11.3 Å². The molecule has 0 fully saturated rings. The van der Waals surface area contributed by atoms with Gasteiger partial charge < -0.3 is 16.4 Å². The Morgan fingerprint density at radius 1 is 1.33 bits per heavy atom. The summed E-state index contributed by atoms with van der Waals surface area (Å²) in [4.78, 5) is 12.0. The van der Waals surface area contributed by atoms with Gasteiger partial charge in [0.25, 0.3) is 5.91 Å². The zero-order valence-electron chi connectivity index (χ0n) is 10.5. The molecule has 1 amide bonds. The molecule has 1 rings (SSSR count). The molecule has 1 aromatic rings. The number of sulfone groups is 1. The average Bonchev–Trinajstić information content (AvgIpc) is 2.56. The van der Waals surface area contributed by atoms with Crippen LogP contribution in [0.15, 0.2) is 4.90 Å². The van der Waals surface area contributed by atoms with E-state index in [1.54, 1.807) is 6.92 Å². The fourth-order valence-corrected chi connectivity index (χ4v) is 4.04. The van der Waals surface area contributed by atoms with Crippen LogP contribution >= 0.6 is 11.3 Å². The van der Waals surface area contributed by atoms with Crippen LogP contribution in [-0.4, -0.2) is 33.7 Å². The molecule has 8 heteroatoms. The monoisotopic (exact) mass is 291 g/mol. The van der Waals surface area contributed by atoms with Crippen molar-refractivity contribution in [2.45, 2.75) is 18.7 Å². The third kappa shape index (κ3) is 2.94. The van der Waals surface area contributed by atoms with Crippen molar-refractivity contribution in [1.82, 2.24) is 5.32 Å². The van der Waals surface area contributed by atoms with Gasteiger partial charge in [-0.3, -0.25) is 4.79 Å². The van der Waals surface area contributed by atoms with E-state index in [1.807, 2.05) is 6.92 Å². The van der Waals surface area contributed by atoms with E-state index in [0.29, 0.717) is 18.1 Å². The van der Waals surface area contributed by atoms with Crippen molar-refractivity contribution in [3.05, 3.63) is 4.88 Å². The Bertz CT molecular complexity index is 549. The number of carbonyl (C=O) groups excluding carboxylic acids is 1. The SMILES string of the molecule is CCNC(=O)c1sc(NCC)c(S(C)(=O)=O)c1N. The van der Waals surface area contributed by atoms with Crippen LogP contribution < -0.4 is 16.4 Å². The van der Waals surface area contributed by atoms with Gasteiger partial charge in [0.15, 0.2) is 9.84 Å². The summed E-state index contributed by atoms with van der Waals surface area (Å²) in [7, 11) is -3.47. The van der Waals surface area contributed by atoms with Gasteiger partial charge in [0, 0.05) is 19.3 Å². The van der Waals surface area contributed by atoms with Gasteiger partial charge >= 0.3 is 0 Å². The van der Waals surface area contributed by atoms with E-state index in [0.717, 1.165) is 17.6 Å². The molecule has 0 aliphatic heterocycles. The van der Waals surface area contributed by atoms with Crippen LogP contribution in [0.3, 0.4) is 0 Å². The first-order chi connectivity index (χ1) is 8.32. The molecule has 102 valence electrons. The summed E-state index contributed by atoms with van der Waals surface area (Å²) < 4.78 is 23.4. The molecule has 0 aromatic carbocycles. The van der Waals surface area contributed by atoms with Crippen LogP contribution in [0.2, 0.25) is 0 Å². The van der Waals surface area contributed by atoms with Gasteiger partial charge in [0.2, 0.25) is 0 Å². The predicted molar refractivity (Wildman–Crippen MR) is 74.0 cm³/mol. The van der Waals surface area contributed by atoms with Crippen molar-refractivity contribution in [3.63, 3.8) is 0 Å². The largest absolute Gasteiger partial charge is 0.396 e. The molecule has 0 radical (unpaired) electrons. The molecule has 0 atom stereocenters. The van der Waals surface area contributed by atoms with Crippen LogP contribution in [0.25, 0.3) is 0 Å². The van der Waals surface area contributed by atoms with Gasteiger partial charge in [0.1, 0.15) is 14.8 Å². The lowest BCUT2D eigenvalue weighted by atomic mass is 10.3. The first-order valence-corrected chi connectivity index (χ1v) is 8.18. The zero-order chi connectivity index (χ0) is 13.9. The molecule has 0 unspecified atom stereocenters. The average molecular weight is 291 g/mol. The minimum Gasteiger partial charge on any atom is -0.396 e. The molecule has 18 heavy (non-hydrogen) atoms. The molecule has 6 nitrogen and oxygen atoms in total. The Balaban J connectivity index is 3.37. The molecule has 0 saturated carbocycles. The van der Waals surface area contributed by atoms with Crippen molar-refractivity contribution in [1.29, 1.82) is 0 Å². The number of nitrogens with one attached hydrogen (secondary N) is 2. The summed E-state index contributed by atoms with van der Waals surface area (Å²) in [6.07, 6.45) is 1.08. The molecule has 0 aliphatic rings. The molecule has 1 aromatic heterocycles. The number of nitrogen functional groups attached to an aromatic ring is 1. The predicted octanol–water partition coefficient (Wildman–Crippen LogP) is 0.915. The molecular formula is C10H17N3O3S2. The highest BCUT2D eigenvalue weighted by molar-refractivity contribution is 7.91. The number of thiophene rings is 1. The zero-order valence-corrected chi connectivity index (χ0v) is 12.2. The van der Waals surface area contributed by atoms with E-state index < -0.39 is 9.84 Å². The van der Waals surface area contributed by atoms with Crippen molar-refractivity contribution < 1.29 is 13.2 Å². The van der Waals surface area contributed by atoms with E-state index >= 15 is 0 Å². The number of carbonyl (C=O) groups is 1. The third-order valence-corrected chi connectivity index (χ3v) is 4.61. The molecule has 0 spiro atoms. The lowest BCUT2D eigenvalue weighted by Gasteiger charge is -2.03. The van der Waals surface area contributed by atoms with Gasteiger partial charge in [-0.25, -0.2) is 8.42 Å². The number of anilines is 2. The fourth-order valence-electron chi connectivity index (χ4n) is 1.48. The molecule has 4 N–H and O–H groups in total. The number of rotatable bonds is 5. The maximum absolute atomic E-state index is 11.8. The molecule has 0 bridgehead atoms. The van der Waals surface area contributed by atoms with E-state index in [2.05, 4.69) is 10.6 Å². The summed E-state index contributed by atoms with van der Waals surface area (Å²) >= 11 is 1.06. The fraction of sp³-hybridized carbons (Fsp3) is 0.500. The quantitative estimate of drug-likeness (QED) is 0.748. The van der Waals surface area contributed by atoms with E-state index in [9.17, 15) is 13.2 Å². The van der Waals surface area contributed by atoms with E-state index in [-0.39, 0.29) is 21.4 Å². The first-order valence-electron chi connectivity index (χ1n) is 5.47. The number of amides is 1. The highest BCUT2D eigenvalue weighted by Gasteiger charge is 2.26. The second-order valence-corrected chi connectivity index (χ2v) is 6.64. The van der Waals surface area contributed by atoms with Gasteiger partial charge in [-0.1, -0.05) is 0 Å². The maximum atomic E-state index is 11.8. The smallest absolute Gasteiger partial charge is 0.263 e. The topological polar surface area (TPSA) is 101 Å². The second kappa shape index (κ2) is 5.57. The Morgan fingerprint density at radius 3 is 2.39 bits per heavy atom. The van der Waals surface area contributed by atoms with Crippen LogP contribution in [0.4, 0.5) is 10.7 Å². The summed E-state index contributed by atoms with van der Waals surface area (Å²) in [5.41, 5.74) is 5.80. The maximum Gasteiger partial charge on any atom is 0.263 e. The summed E-state index contributed by atoms with van der Waals surface area (Å²) in [6.45, 7) is 4.64. The van der Waals surface area contributed by atoms with Crippen molar-refractivity contribution in [2.24, 2.45) is 0 Å². The van der Waals surface area contributed by atoms with Gasteiger partial charge in [0.05, 0.1) is 5.69 Å². The van der Waals surface area contributed by atoms with E-state index in [4.69, 9.17) is 5.73 Å². The summed E-state index contributed by atoms with van der Waals surface area (Å²) in [5.74, 6) is -0.353.